The van der Waals surface area contributed by atoms with E-state index in [0.717, 1.165) is 42.1 Å². The molecule has 3 aromatic rings. The molecule has 1 aromatic carbocycles. The molecule has 35 heavy (non-hydrogen) atoms. The number of rotatable bonds is 7. The van der Waals surface area contributed by atoms with E-state index in [1.165, 1.54) is 0 Å². The molecule has 0 N–H and O–H groups in total. The van der Waals surface area contributed by atoms with Gasteiger partial charge in [0.05, 0.1) is 20.1 Å². The van der Waals surface area contributed by atoms with Crippen molar-refractivity contribution in [3.05, 3.63) is 52.5 Å². The fourth-order valence-corrected chi connectivity index (χ4v) is 5.39. The second kappa shape index (κ2) is 10.6. The SMILES string of the molecule is COc1ccc(-c2noc(CN3CCN(C(=O)C4CCCN4C(=O)Cc4cccs4)CC3)n2)cc1. The van der Waals surface area contributed by atoms with Gasteiger partial charge in [-0.25, -0.2) is 0 Å². The number of methoxy groups -OCH3 is 1. The molecule has 2 aromatic heterocycles. The summed E-state index contributed by atoms with van der Waals surface area (Å²) in [6.45, 7) is 3.90. The number of amides is 2. The summed E-state index contributed by atoms with van der Waals surface area (Å²) in [5.74, 6) is 1.99. The van der Waals surface area contributed by atoms with Gasteiger partial charge >= 0.3 is 0 Å². The highest BCUT2D eigenvalue weighted by Crippen LogP contribution is 2.23. The Labute approximate surface area is 208 Å². The maximum absolute atomic E-state index is 13.3. The number of thiophene rings is 1. The van der Waals surface area contributed by atoms with Crippen molar-refractivity contribution in [2.45, 2.75) is 31.8 Å². The third kappa shape index (κ3) is 5.38. The fourth-order valence-electron chi connectivity index (χ4n) is 4.69. The van der Waals surface area contributed by atoms with Crippen molar-refractivity contribution in [2.75, 3.05) is 39.8 Å². The van der Waals surface area contributed by atoms with E-state index in [2.05, 4.69) is 15.0 Å². The highest BCUT2D eigenvalue weighted by atomic mass is 32.1. The standard InChI is InChI=1S/C25H29N5O4S/c1-33-19-8-6-18(7-9-19)24-26-22(34-27-24)17-28-11-13-29(14-12-28)25(32)21-5-2-10-30(21)23(31)16-20-4-3-15-35-20/h3-4,6-9,15,21H,2,5,10-14,16-17H2,1H3. The number of likely N-dealkylation sites (tertiary alicyclic amines) is 1. The summed E-state index contributed by atoms with van der Waals surface area (Å²) in [5.41, 5.74) is 0.867. The van der Waals surface area contributed by atoms with Crippen LogP contribution >= 0.6 is 11.3 Å². The van der Waals surface area contributed by atoms with Gasteiger partial charge in [0.2, 0.25) is 23.5 Å². The van der Waals surface area contributed by atoms with Crippen molar-refractivity contribution >= 4 is 23.2 Å². The summed E-state index contributed by atoms with van der Waals surface area (Å²) < 4.78 is 10.6. The Morgan fingerprint density at radius 2 is 1.91 bits per heavy atom. The van der Waals surface area contributed by atoms with Crippen LogP contribution in [0.2, 0.25) is 0 Å². The molecule has 0 spiro atoms. The quantitative estimate of drug-likeness (QED) is 0.498. The largest absolute Gasteiger partial charge is 0.497 e. The van der Waals surface area contributed by atoms with Crippen molar-refractivity contribution in [1.82, 2.24) is 24.8 Å². The minimum atomic E-state index is -0.336. The zero-order valence-corrected chi connectivity index (χ0v) is 20.6. The van der Waals surface area contributed by atoms with E-state index in [1.807, 2.05) is 46.7 Å². The number of hydrogen-bond donors (Lipinski definition) is 0. The molecule has 9 nitrogen and oxygen atoms in total. The van der Waals surface area contributed by atoms with Crippen molar-refractivity contribution in [3.8, 4) is 17.1 Å². The van der Waals surface area contributed by atoms with E-state index < -0.39 is 0 Å². The zero-order chi connectivity index (χ0) is 24.2. The monoisotopic (exact) mass is 495 g/mol. The molecule has 1 atom stereocenters. The van der Waals surface area contributed by atoms with Gasteiger partial charge in [-0.3, -0.25) is 14.5 Å². The van der Waals surface area contributed by atoms with Crippen LogP contribution in [0.1, 0.15) is 23.6 Å². The molecular formula is C25H29N5O4S. The highest BCUT2D eigenvalue weighted by Gasteiger charge is 2.37. The van der Waals surface area contributed by atoms with Crippen LogP contribution in [-0.2, 0) is 22.6 Å². The molecule has 5 rings (SSSR count). The average molecular weight is 496 g/mol. The number of nitrogens with zero attached hydrogens (tertiary/aromatic N) is 5. The Balaban J connectivity index is 1.13. The van der Waals surface area contributed by atoms with Crippen molar-refractivity contribution < 1.29 is 18.8 Å². The number of aromatic nitrogens is 2. The summed E-state index contributed by atoms with van der Waals surface area (Å²) in [7, 11) is 1.63. The highest BCUT2D eigenvalue weighted by molar-refractivity contribution is 7.10. The zero-order valence-electron chi connectivity index (χ0n) is 19.8. The molecular weight excluding hydrogens is 466 g/mol. The second-order valence-electron chi connectivity index (χ2n) is 8.84. The lowest BCUT2D eigenvalue weighted by Gasteiger charge is -2.36. The Kier molecular flexibility index (Phi) is 7.10. The first-order valence-electron chi connectivity index (χ1n) is 11.9. The number of hydrogen-bond acceptors (Lipinski definition) is 8. The Bertz CT molecular complexity index is 1140. The average Bonchev–Trinajstić information content (AvgIpc) is 3.66. The van der Waals surface area contributed by atoms with Crippen molar-refractivity contribution in [3.63, 3.8) is 0 Å². The molecule has 2 saturated heterocycles. The summed E-state index contributed by atoms with van der Waals surface area (Å²) >= 11 is 1.58. The van der Waals surface area contributed by atoms with Crippen LogP contribution in [0.3, 0.4) is 0 Å². The number of ether oxygens (including phenoxy) is 1. The van der Waals surface area contributed by atoms with Crippen LogP contribution in [0.15, 0.2) is 46.3 Å². The first kappa shape index (κ1) is 23.5. The van der Waals surface area contributed by atoms with Crippen LogP contribution in [0, 0.1) is 0 Å². The fraction of sp³-hybridized carbons (Fsp3) is 0.440. The number of piperazine rings is 1. The van der Waals surface area contributed by atoms with E-state index in [-0.39, 0.29) is 17.9 Å². The minimum Gasteiger partial charge on any atom is -0.497 e. The van der Waals surface area contributed by atoms with Gasteiger partial charge in [0.1, 0.15) is 11.8 Å². The molecule has 2 fully saturated rings. The van der Waals surface area contributed by atoms with Crippen molar-refractivity contribution in [2.24, 2.45) is 0 Å². The number of carbonyl (C=O) groups is 2. The second-order valence-corrected chi connectivity index (χ2v) is 9.88. The lowest BCUT2D eigenvalue weighted by Crippen LogP contribution is -2.54. The summed E-state index contributed by atoms with van der Waals surface area (Å²) in [6, 6.07) is 11.1. The van der Waals surface area contributed by atoms with E-state index in [1.54, 1.807) is 23.3 Å². The topological polar surface area (TPSA) is 92.0 Å². The number of benzene rings is 1. The van der Waals surface area contributed by atoms with Gasteiger partial charge in [-0.2, -0.15) is 4.98 Å². The molecule has 0 aliphatic carbocycles. The summed E-state index contributed by atoms with van der Waals surface area (Å²) in [6.07, 6.45) is 1.99. The molecule has 2 amide bonds. The lowest BCUT2D eigenvalue weighted by atomic mass is 10.1. The van der Waals surface area contributed by atoms with E-state index in [0.29, 0.717) is 44.3 Å². The van der Waals surface area contributed by atoms with Gasteiger partial charge in [0.25, 0.3) is 0 Å². The Morgan fingerprint density at radius 3 is 2.63 bits per heavy atom. The Hall–Kier alpha value is -3.24. The predicted octanol–water partition coefficient (Wildman–Crippen LogP) is 2.68. The van der Waals surface area contributed by atoms with E-state index >= 15 is 0 Å². The maximum Gasteiger partial charge on any atom is 0.245 e. The van der Waals surface area contributed by atoms with E-state index in [9.17, 15) is 9.59 Å². The van der Waals surface area contributed by atoms with Crippen LogP contribution in [0.4, 0.5) is 0 Å². The predicted molar refractivity (Wildman–Crippen MR) is 131 cm³/mol. The van der Waals surface area contributed by atoms with Crippen LogP contribution in [-0.4, -0.2) is 82.5 Å². The van der Waals surface area contributed by atoms with Gasteiger partial charge in [0, 0.05) is 43.2 Å². The lowest BCUT2D eigenvalue weighted by molar-refractivity contribution is -0.144. The first-order valence-corrected chi connectivity index (χ1v) is 12.8. The third-order valence-electron chi connectivity index (χ3n) is 6.62. The normalized spacial score (nSPS) is 18.7. The molecule has 184 valence electrons. The third-order valence-corrected chi connectivity index (χ3v) is 7.50. The maximum atomic E-state index is 13.3. The summed E-state index contributed by atoms with van der Waals surface area (Å²) in [5, 5.41) is 6.07. The number of carbonyl (C=O) groups excluding carboxylic acids is 2. The smallest absolute Gasteiger partial charge is 0.245 e. The van der Waals surface area contributed by atoms with Gasteiger partial charge in [-0.05, 0) is 48.6 Å². The van der Waals surface area contributed by atoms with Crippen LogP contribution in [0.5, 0.6) is 5.75 Å². The molecule has 2 aliphatic heterocycles. The molecule has 0 radical (unpaired) electrons. The molecule has 4 heterocycles. The molecule has 0 bridgehead atoms. The van der Waals surface area contributed by atoms with Crippen LogP contribution in [0.25, 0.3) is 11.4 Å². The molecule has 2 aliphatic rings. The van der Waals surface area contributed by atoms with Crippen LogP contribution < -0.4 is 4.74 Å². The molecule has 0 saturated carbocycles. The summed E-state index contributed by atoms with van der Waals surface area (Å²) in [4.78, 5) is 37.5. The Morgan fingerprint density at radius 1 is 1.11 bits per heavy atom. The van der Waals surface area contributed by atoms with Crippen molar-refractivity contribution in [1.29, 1.82) is 0 Å². The van der Waals surface area contributed by atoms with Gasteiger partial charge in [0.15, 0.2) is 0 Å². The first-order chi connectivity index (χ1) is 17.1. The van der Waals surface area contributed by atoms with Gasteiger partial charge in [-0.15, -0.1) is 11.3 Å². The van der Waals surface area contributed by atoms with E-state index in [4.69, 9.17) is 9.26 Å². The van der Waals surface area contributed by atoms with Gasteiger partial charge < -0.3 is 19.1 Å². The van der Waals surface area contributed by atoms with Gasteiger partial charge in [-0.1, -0.05) is 11.2 Å². The minimum absolute atomic E-state index is 0.0472. The molecule has 1 unspecified atom stereocenters. The molecule has 10 heteroatoms.